The van der Waals surface area contributed by atoms with E-state index in [9.17, 15) is 0 Å². The fourth-order valence-corrected chi connectivity index (χ4v) is 7.85. The SMILES string of the molecule is C1=CCCC(C2=CC(c3ccccc3)=CC(C3=CC4N=C5C=C(CC4C=C3)C3=C(CCC=C3)C3C=CC=CC53)C2)=C1. The molecule has 5 unspecified atom stereocenters. The van der Waals surface area contributed by atoms with Crippen LogP contribution in [-0.4, -0.2) is 11.8 Å². The summed E-state index contributed by atoms with van der Waals surface area (Å²) in [5.74, 6) is 1.55. The van der Waals surface area contributed by atoms with Crippen molar-refractivity contribution in [3.63, 3.8) is 0 Å². The molecule has 1 aliphatic heterocycles. The van der Waals surface area contributed by atoms with Crippen molar-refractivity contribution in [2.45, 2.75) is 44.6 Å². The summed E-state index contributed by atoms with van der Waals surface area (Å²) in [5.41, 5.74) is 12.9. The van der Waals surface area contributed by atoms with Gasteiger partial charge in [-0.1, -0.05) is 121 Å². The van der Waals surface area contributed by atoms with Gasteiger partial charge in [-0.3, -0.25) is 4.99 Å². The molecule has 0 radical (unpaired) electrons. The second-order valence-corrected chi connectivity index (χ2v) is 12.4. The van der Waals surface area contributed by atoms with Crippen LogP contribution in [0.3, 0.4) is 0 Å². The van der Waals surface area contributed by atoms with Crippen molar-refractivity contribution in [1.82, 2.24) is 0 Å². The van der Waals surface area contributed by atoms with Crippen LogP contribution in [0.5, 0.6) is 0 Å². The molecule has 2 bridgehead atoms. The molecule has 1 nitrogen and oxygen atoms in total. The van der Waals surface area contributed by atoms with Crippen molar-refractivity contribution in [3.8, 4) is 0 Å². The Labute approximate surface area is 244 Å². The second kappa shape index (κ2) is 10.5. The van der Waals surface area contributed by atoms with Crippen molar-refractivity contribution >= 4 is 11.3 Å². The standard InChI is InChI=1S/C40H37N/c1-3-11-27(12-4-1)31-22-32(28-13-5-2-6-14-28)24-33(23-31)29-19-20-30-21-34-26-40(41-39(30)25-29)38-18-10-9-17-37(38)36-16-8-7-15-35(34)36/h1-5,7,9-13,15,17-20,22-23,25-26,30,33,37-39H,6,8,14,16,21,24H2. The molecule has 0 spiro atoms. The molecule has 0 aromatic heterocycles. The van der Waals surface area contributed by atoms with Gasteiger partial charge in [0.15, 0.2) is 0 Å². The van der Waals surface area contributed by atoms with Crippen molar-refractivity contribution < 1.29 is 0 Å². The smallest absolute Gasteiger partial charge is 0.0755 e. The molecule has 6 aliphatic carbocycles. The summed E-state index contributed by atoms with van der Waals surface area (Å²) >= 11 is 0. The van der Waals surface area contributed by atoms with Crippen LogP contribution in [0, 0.1) is 23.7 Å². The van der Waals surface area contributed by atoms with Gasteiger partial charge in [0.25, 0.3) is 0 Å². The van der Waals surface area contributed by atoms with E-state index in [0.717, 1.165) is 32.1 Å². The quantitative estimate of drug-likeness (QED) is 0.368. The summed E-state index contributed by atoms with van der Waals surface area (Å²) in [7, 11) is 0. The molecular weight excluding hydrogens is 494 g/mol. The molecule has 0 amide bonds. The van der Waals surface area contributed by atoms with Gasteiger partial charge in [-0.05, 0) is 83.6 Å². The van der Waals surface area contributed by atoms with Crippen LogP contribution >= 0.6 is 0 Å². The van der Waals surface area contributed by atoms with Crippen LogP contribution in [0.2, 0.25) is 0 Å². The van der Waals surface area contributed by atoms with Crippen molar-refractivity contribution in [2.75, 3.05) is 0 Å². The summed E-state index contributed by atoms with van der Waals surface area (Å²) < 4.78 is 0. The lowest BCUT2D eigenvalue weighted by atomic mass is 9.74. The van der Waals surface area contributed by atoms with Crippen LogP contribution in [0.1, 0.15) is 44.1 Å². The molecule has 1 heteroatoms. The van der Waals surface area contributed by atoms with Gasteiger partial charge in [0.05, 0.1) is 6.04 Å². The highest BCUT2D eigenvalue weighted by atomic mass is 14.8. The largest absolute Gasteiger partial charge is 0.281 e. The first-order valence-electron chi connectivity index (χ1n) is 15.6. The summed E-state index contributed by atoms with van der Waals surface area (Å²) in [6.07, 6.45) is 42.5. The Kier molecular flexibility index (Phi) is 6.32. The zero-order chi connectivity index (χ0) is 27.2. The molecule has 1 aromatic carbocycles. The van der Waals surface area contributed by atoms with Gasteiger partial charge in [-0.25, -0.2) is 0 Å². The lowest BCUT2D eigenvalue weighted by Gasteiger charge is -2.32. The second-order valence-electron chi connectivity index (χ2n) is 12.4. The Morgan fingerprint density at radius 1 is 0.707 bits per heavy atom. The van der Waals surface area contributed by atoms with E-state index in [-0.39, 0.29) is 6.04 Å². The predicted octanol–water partition coefficient (Wildman–Crippen LogP) is 9.56. The zero-order valence-electron chi connectivity index (χ0n) is 23.6. The fraction of sp³-hybridized carbons (Fsp3) is 0.275. The number of aliphatic imine (C=N–C) groups is 1. The van der Waals surface area contributed by atoms with Gasteiger partial charge in [-0.15, -0.1) is 0 Å². The minimum absolute atomic E-state index is 0.188. The molecule has 0 fully saturated rings. The minimum Gasteiger partial charge on any atom is -0.281 e. The van der Waals surface area contributed by atoms with Crippen molar-refractivity contribution in [1.29, 1.82) is 0 Å². The third-order valence-electron chi connectivity index (χ3n) is 9.96. The van der Waals surface area contributed by atoms with E-state index in [1.54, 1.807) is 5.57 Å². The Bertz CT molecular complexity index is 1630. The topological polar surface area (TPSA) is 12.4 Å². The van der Waals surface area contributed by atoms with Gasteiger partial charge in [-0.2, -0.15) is 0 Å². The number of benzene rings is 1. The maximum absolute atomic E-state index is 5.57. The van der Waals surface area contributed by atoms with E-state index in [4.69, 9.17) is 4.99 Å². The zero-order valence-corrected chi connectivity index (χ0v) is 23.6. The minimum atomic E-state index is 0.188. The molecule has 0 saturated heterocycles. The van der Waals surface area contributed by atoms with Gasteiger partial charge in [0, 0.05) is 29.4 Å². The molecule has 0 N–H and O–H groups in total. The van der Waals surface area contributed by atoms with Gasteiger partial charge < -0.3 is 0 Å². The monoisotopic (exact) mass is 531 g/mol. The third kappa shape index (κ3) is 4.62. The molecule has 1 aromatic rings. The highest BCUT2D eigenvalue weighted by Crippen LogP contribution is 2.45. The van der Waals surface area contributed by atoms with Crippen molar-refractivity contribution in [3.05, 3.63) is 160 Å². The highest BCUT2D eigenvalue weighted by molar-refractivity contribution is 6.01. The lowest BCUT2D eigenvalue weighted by molar-refractivity contribution is 0.549. The number of hydrogen-bond donors (Lipinski definition) is 0. The van der Waals surface area contributed by atoms with E-state index in [0.29, 0.717) is 23.7 Å². The predicted molar refractivity (Wildman–Crippen MR) is 172 cm³/mol. The average Bonchev–Trinajstić information content (AvgIpc) is 3.32. The number of rotatable bonds is 3. The summed E-state index contributed by atoms with van der Waals surface area (Å²) in [4.78, 5) is 5.57. The maximum atomic E-state index is 5.57. The van der Waals surface area contributed by atoms with Crippen LogP contribution in [0.4, 0.5) is 0 Å². The first kappa shape index (κ1) is 24.8. The molecule has 7 aliphatic rings. The third-order valence-corrected chi connectivity index (χ3v) is 9.96. The van der Waals surface area contributed by atoms with Gasteiger partial charge in [0.2, 0.25) is 0 Å². The molecular formula is C40H37N. The average molecular weight is 532 g/mol. The van der Waals surface area contributed by atoms with Crippen LogP contribution in [-0.2, 0) is 0 Å². The fourth-order valence-electron chi connectivity index (χ4n) is 7.85. The molecule has 41 heavy (non-hydrogen) atoms. The number of fused-ring (bicyclic) bond motifs is 6. The number of allylic oxidation sites excluding steroid dienone is 20. The van der Waals surface area contributed by atoms with E-state index in [1.165, 1.54) is 51.1 Å². The van der Waals surface area contributed by atoms with Gasteiger partial charge >= 0.3 is 0 Å². The number of hydrogen-bond acceptors (Lipinski definition) is 1. The normalized spacial score (nSPS) is 31.4. The first-order valence-corrected chi connectivity index (χ1v) is 15.6. The molecule has 5 atom stereocenters. The van der Waals surface area contributed by atoms with Crippen molar-refractivity contribution in [2.24, 2.45) is 28.7 Å². The van der Waals surface area contributed by atoms with E-state index >= 15 is 0 Å². The molecule has 8 rings (SSSR count). The molecule has 0 saturated carbocycles. The van der Waals surface area contributed by atoms with E-state index in [2.05, 4.69) is 121 Å². The highest BCUT2D eigenvalue weighted by Gasteiger charge is 2.36. The molecule has 1 heterocycles. The Morgan fingerprint density at radius 2 is 1.59 bits per heavy atom. The van der Waals surface area contributed by atoms with Crippen LogP contribution in [0.15, 0.2) is 160 Å². The lowest BCUT2D eigenvalue weighted by Crippen LogP contribution is -2.26. The molecule has 202 valence electrons. The van der Waals surface area contributed by atoms with Gasteiger partial charge in [0.1, 0.15) is 0 Å². The summed E-state index contributed by atoms with van der Waals surface area (Å²) in [6, 6.07) is 11.1. The van der Waals surface area contributed by atoms with Crippen LogP contribution in [0.25, 0.3) is 5.57 Å². The Morgan fingerprint density at radius 3 is 2.46 bits per heavy atom. The maximum Gasteiger partial charge on any atom is 0.0755 e. The Hall–Kier alpha value is -3.97. The summed E-state index contributed by atoms with van der Waals surface area (Å²) in [5, 5.41) is 0. The van der Waals surface area contributed by atoms with E-state index < -0.39 is 0 Å². The first-order chi connectivity index (χ1) is 20.3. The summed E-state index contributed by atoms with van der Waals surface area (Å²) in [6.45, 7) is 0. The van der Waals surface area contributed by atoms with E-state index in [1.807, 2.05) is 0 Å². The number of nitrogens with zero attached hydrogens (tertiary/aromatic N) is 1. The van der Waals surface area contributed by atoms with Crippen LogP contribution < -0.4 is 0 Å². The Balaban J connectivity index is 1.16.